The Labute approximate surface area is 124 Å². The van der Waals surface area contributed by atoms with Crippen molar-refractivity contribution in [3.63, 3.8) is 0 Å². The van der Waals surface area contributed by atoms with Crippen molar-refractivity contribution in [1.29, 1.82) is 0 Å². The molecule has 1 heterocycles. The zero-order valence-corrected chi connectivity index (χ0v) is 12.1. The average molecular weight is 281 g/mol. The van der Waals surface area contributed by atoms with Crippen LogP contribution in [0.5, 0.6) is 0 Å². The van der Waals surface area contributed by atoms with Gasteiger partial charge in [-0.3, -0.25) is 9.78 Å². The number of carbonyl (C=O) groups excluding carboxylic acids is 1. The lowest BCUT2D eigenvalue weighted by Gasteiger charge is -2.13. The van der Waals surface area contributed by atoms with Crippen LogP contribution in [0.1, 0.15) is 39.6 Å². The molecule has 0 saturated carbocycles. The number of rotatable bonds is 4. The summed E-state index contributed by atoms with van der Waals surface area (Å²) in [5.41, 5.74) is 4.39. The third kappa shape index (κ3) is 2.95. The second kappa shape index (κ2) is 6.06. The Bertz CT molecular complexity index is 637. The SMILES string of the molecule is CNC(=O)c1ccc(CNC2CCc3cccnc32)cc1. The van der Waals surface area contributed by atoms with Crippen LogP contribution in [0, 0.1) is 0 Å². The normalized spacial score (nSPS) is 16.5. The molecule has 0 aliphatic heterocycles. The molecule has 0 spiro atoms. The molecule has 1 amide bonds. The van der Waals surface area contributed by atoms with Crippen molar-refractivity contribution >= 4 is 5.91 Å². The number of nitrogens with one attached hydrogen (secondary N) is 2. The summed E-state index contributed by atoms with van der Waals surface area (Å²) in [6.07, 6.45) is 4.05. The van der Waals surface area contributed by atoms with E-state index in [2.05, 4.69) is 21.7 Å². The van der Waals surface area contributed by atoms with Gasteiger partial charge in [0, 0.05) is 25.4 Å². The van der Waals surface area contributed by atoms with E-state index in [4.69, 9.17) is 0 Å². The molecule has 1 aromatic carbocycles. The molecular formula is C17H19N3O. The maximum Gasteiger partial charge on any atom is 0.251 e. The summed E-state index contributed by atoms with van der Waals surface area (Å²) in [5.74, 6) is -0.0524. The highest BCUT2D eigenvalue weighted by Gasteiger charge is 2.22. The van der Waals surface area contributed by atoms with Gasteiger partial charge in [0.15, 0.2) is 0 Å². The van der Waals surface area contributed by atoms with Crippen LogP contribution < -0.4 is 10.6 Å². The fourth-order valence-electron chi connectivity index (χ4n) is 2.77. The molecule has 3 rings (SSSR count). The van der Waals surface area contributed by atoms with Crippen molar-refractivity contribution in [2.75, 3.05) is 7.05 Å². The van der Waals surface area contributed by atoms with E-state index in [0.717, 1.165) is 19.4 Å². The second-order valence-corrected chi connectivity index (χ2v) is 5.30. The highest BCUT2D eigenvalue weighted by Crippen LogP contribution is 2.28. The zero-order valence-electron chi connectivity index (χ0n) is 12.1. The van der Waals surface area contributed by atoms with Gasteiger partial charge in [-0.25, -0.2) is 0 Å². The minimum atomic E-state index is -0.0524. The molecular weight excluding hydrogens is 262 g/mol. The fourth-order valence-corrected chi connectivity index (χ4v) is 2.77. The monoisotopic (exact) mass is 281 g/mol. The fraction of sp³-hybridized carbons (Fsp3) is 0.294. The first-order chi connectivity index (χ1) is 10.3. The molecule has 0 bridgehead atoms. The second-order valence-electron chi connectivity index (χ2n) is 5.30. The molecule has 2 aromatic rings. The van der Waals surface area contributed by atoms with E-state index in [-0.39, 0.29) is 5.91 Å². The number of pyridine rings is 1. The van der Waals surface area contributed by atoms with Crippen molar-refractivity contribution in [2.45, 2.75) is 25.4 Å². The van der Waals surface area contributed by atoms with Gasteiger partial charge in [0.25, 0.3) is 5.91 Å². The van der Waals surface area contributed by atoms with Crippen LogP contribution in [0.25, 0.3) is 0 Å². The van der Waals surface area contributed by atoms with Crippen molar-refractivity contribution in [3.8, 4) is 0 Å². The summed E-state index contributed by atoms with van der Waals surface area (Å²) >= 11 is 0. The van der Waals surface area contributed by atoms with Gasteiger partial charge in [0.05, 0.1) is 11.7 Å². The molecule has 2 N–H and O–H groups in total. The Morgan fingerprint density at radius 3 is 2.86 bits per heavy atom. The van der Waals surface area contributed by atoms with Crippen LogP contribution in [0.2, 0.25) is 0 Å². The molecule has 1 aromatic heterocycles. The largest absolute Gasteiger partial charge is 0.355 e. The third-order valence-electron chi connectivity index (χ3n) is 3.95. The number of aromatic nitrogens is 1. The number of fused-ring (bicyclic) bond motifs is 1. The first kappa shape index (κ1) is 13.8. The average Bonchev–Trinajstić information content (AvgIpc) is 2.96. The lowest BCUT2D eigenvalue weighted by Crippen LogP contribution is -2.20. The van der Waals surface area contributed by atoms with Crippen LogP contribution >= 0.6 is 0 Å². The smallest absolute Gasteiger partial charge is 0.251 e. The first-order valence-corrected chi connectivity index (χ1v) is 7.26. The van der Waals surface area contributed by atoms with Crippen molar-refractivity contribution in [3.05, 3.63) is 65.0 Å². The van der Waals surface area contributed by atoms with Crippen LogP contribution in [-0.2, 0) is 13.0 Å². The summed E-state index contributed by atoms with van der Waals surface area (Å²) in [7, 11) is 1.64. The van der Waals surface area contributed by atoms with E-state index >= 15 is 0 Å². The van der Waals surface area contributed by atoms with Crippen LogP contribution in [0.4, 0.5) is 0 Å². The zero-order chi connectivity index (χ0) is 14.7. The number of nitrogens with zero attached hydrogens (tertiary/aromatic N) is 1. The number of hydrogen-bond acceptors (Lipinski definition) is 3. The number of amides is 1. The van der Waals surface area contributed by atoms with Gasteiger partial charge in [-0.2, -0.15) is 0 Å². The Balaban J connectivity index is 1.62. The summed E-state index contributed by atoms with van der Waals surface area (Å²) in [4.78, 5) is 16.0. The molecule has 21 heavy (non-hydrogen) atoms. The number of aryl methyl sites for hydroxylation is 1. The molecule has 1 aliphatic rings. The molecule has 4 heteroatoms. The molecule has 1 aliphatic carbocycles. The van der Waals surface area contributed by atoms with Gasteiger partial charge in [-0.15, -0.1) is 0 Å². The highest BCUT2D eigenvalue weighted by molar-refractivity contribution is 5.93. The van der Waals surface area contributed by atoms with Crippen LogP contribution in [0.3, 0.4) is 0 Å². The predicted octanol–water partition coefficient (Wildman–Crippen LogP) is 2.22. The van der Waals surface area contributed by atoms with E-state index in [9.17, 15) is 4.79 Å². The molecule has 1 unspecified atom stereocenters. The summed E-state index contributed by atoms with van der Waals surface area (Å²) < 4.78 is 0. The van der Waals surface area contributed by atoms with Crippen molar-refractivity contribution in [1.82, 2.24) is 15.6 Å². The van der Waals surface area contributed by atoms with E-state index < -0.39 is 0 Å². The molecule has 0 saturated heterocycles. The number of hydrogen-bond donors (Lipinski definition) is 2. The summed E-state index contributed by atoms with van der Waals surface area (Å²) in [6.45, 7) is 0.786. The first-order valence-electron chi connectivity index (χ1n) is 7.26. The van der Waals surface area contributed by atoms with Crippen LogP contribution in [0.15, 0.2) is 42.6 Å². The Hall–Kier alpha value is -2.20. The Morgan fingerprint density at radius 2 is 2.10 bits per heavy atom. The van der Waals surface area contributed by atoms with Gasteiger partial charge in [0.2, 0.25) is 0 Å². The van der Waals surface area contributed by atoms with Gasteiger partial charge in [-0.05, 0) is 42.2 Å². The van der Waals surface area contributed by atoms with Gasteiger partial charge in [0.1, 0.15) is 0 Å². The quantitative estimate of drug-likeness (QED) is 0.903. The molecule has 108 valence electrons. The molecule has 1 atom stereocenters. The minimum absolute atomic E-state index is 0.0524. The van der Waals surface area contributed by atoms with E-state index in [1.807, 2.05) is 36.5 Å². The minimum Gasteiger partial charge on any atom is -0.355 e. The van der Waals surface area contributed by atoms with Crippen LogP contribution in [-0.4, -0.2) is 17.9 Å². The number of carbonyl (C=O) groups is 1. The Kier molecular flexibility index (Phi) is 3.97. The van der Waals surface area contributed by atoms with E-state index in [1.54, 1.807) is 7.05 Å². The van der Waals surface area contributed by atoms with Crippen molar-refractivity contribution < 1.29 is 4.79 Å². The molecule has 0 radical (unpaired) electrons. The predicted molar refractivity (Wildman–Crippen MR) is 82.0 cm³/mol. The standard InChI is InChI=1S/C17H19N3O/c1-18-17(21)14-6-4-12(5-7-14)11-20-15-9-8-13-3-2-10-19-16(13)15/h2-7,10,15,20H,8-9,11H2,1H3,(H,18,21). The highest BCUT2D eigenvalue weighted by atomic mass is 16.1. The maximum absolute atomic E-state index is 11.5. The lowest BCUT2D eigenvalue weighted by atomic mass is 10.1. The summed E-state index contributed by atoms with van der Waals surface area (Å²) in [6, 6.07) is 12.2. The van der Waals surface area contributed by atoms with E-state index in [1.165, 1.54) is 16.8 Å². The maximum atomic E-state index is 11.5. The molecule has 4 nitrogen and oxygen atoms in total. The number of benzene rings is 1. The van der Waals surface area contributed by atoms with Gasteiger partial charge in [-0.1, -0.05) is 18.2 Å². The van der Waals surface area contributed by atoms with Gasteiger partial charge >= 0.3 is 0 Å². The van der Waals surface area contributed by atoms with E-state index in [0.29, 0.717) is 11.6 Å². The molecule has 0 fully saturated rings. The topological polar surface area (TPSA) is 54.0 Å². The van der Waals surface area contributed by atoms with Gasteiger partial charge < -0.3 is 10.6 Å². The Morgan fingerprint density at radius 1 is 1.29 bits per heavy atom. The van der Waals surface area contributed by atoms with Crippen molar-refractivity contribution in [2.24, 2.45) is 0 Å². The lowest BCUT2D eigenvalue weighted by molar-refractivity contribution is 0.0963. The summed E-state index contributed by atoms with van der Waals surface area (Å²) in [5, 5.41) is 6.18. The third-order valence-corrected chi connectivity index (χ3v) is 3.95.